The van der Waals surface area contributed by atoms with Gasteiger partial charge in [-0.15, -0.1) is 0 Å². The third-order valence-corrected chi connectivity index (χ3v) is 2.49. The van der Waals surface area contributed by atoms with E-state index in [0.717, 1.165) is 22.0 Å². The number of hydrogen-bond acceptors (Lipinski definition) is 1. The lowest BCUT2D eigenvalue weighted by atomic mass is 10.0. The second kappa shape index (κ2) is 3.85. The summed E-state index contributed by atoms with van der Waals surface area (Å²) in [4.78, 5) is 11.2. The number of halogens is 1. The van der Waals surface area contributed by atoms with Crippen molar-refractivity contribution in [2.75, 3.05) is 0 Å². The maximum atomic E-state index is 11.2. The molecule has 1 aromatic rings. The molecule has 0 N–H and O–H groups in total. The Labute approximate surface area is 80.9 Å². The van der Waals surface area contributed by atoms with E-state index >= 15 is 0 Å². The largest absolute Gasteiger partial charge is 0.294 e. The first kappa shape index (κ1) is 9.46. The molecule has 0 heterocycles. The molecule has 0 amide bonds. The molecule has 0 saturated carbocycles. The molecule has 64 valence electrons. The Morgan fingerprint density at radius 3 is 2.58 bits per heavy atom. The first-order chi connectivity index (χ1) is 5.66. The molecule has 12 heavy (non-hydrogen) atoms. The van der Waals surface area contributed by atoms with Crippen LogP contribution in [0.1, 0.15) is 29.8 Å². The van der Waals surface area contributed by atoms with E-state index in [0.29, 0.717) is 0 Å². The van der Waals surface area contributed by atoms with Crippen LogP contribution in [0.15, 0.2) is 22.7 Å². The van der Waals surface area contributed by atoms with Crippen LogP contribution in [0.2, 0.25) is 0 Å². The van der Waals surface area contributed by atoms with Crippen molar-refractivity contribution in [1.82, 2.24) is 0 Å². The summed E-state index contributed by atoms with van der Waals surface area (Å²) in [7, 11) is 0. The molecule has 0 aliphatic rings. The molecule has 0 aliphatic carbocycles. The number of ketones is 1. The summed E-state index contributed by atoms with van der Waals surface area (Å²) in [5, 5.41) is 0. The average Bonchev–Trinajstić information content (AvgIpc) is 2.03. The summed E-state index contributed by atoms with van der Waals surface area (Å²) >= 11 is 3.37. The summed E-state index contributed by atoms with van der Waals surface area (Å²) in [6, 6.07) is 5.84. The van der Waals surface area contributed by atoms with E-state index in [-0.39, 0.29) is 5.78 Å². The number of rotatable bonds is 2. The minimum absolute atomic E-state index is 0.124. The van der Waals surface area contributed by atoms with Gasteiger partial charge in [-0.1, -0.05) is 35.0 Å². The van der Waals surface area contributed by atoms with E-state index in [2.05, 4.69) is 15.9 Å². The van der Waals surface area contributed by atoms with Gasteiger partial charge in [0.15, 0.2) is 5.78 Å². The van der Waals surface area contributed by atoms with Crippen molar-refractivity contribution in [3.63, 3.8) is 0 Å². The topological polar surface area (TPSA) is 17.1 Å². The number of aryl methyl sites for hydroxylation is 1. The molecule has 2 heteroatoms. The van der Waals surface area contributed by atoms with Crippen molar-refractivity contribution < 1.29 is 4.79 Å². The van der Waals surface area contributed by atoms with Crippen molar-refractivity contribution in [3.8, 4) is 0 Å². The Kier molecular flexibility index (Phi) is 3.04. The van der Waals surface area contributed by atoms with Gasteiger partial charge in [-0.2, -0.15) is 0 Å². The molecule has 0 aromatic heterocycles. The summed E-state index contributed by atoms with van der Waals surface area (Å²) in [6.07, 6.45) is 0.897. The third kappa shape index (κ3) is 1.75. The fraction of sp³-hybridized carbons (Fsp3) is 0.300. The highest BCUT2D eigenvalue weighted by Crippen LogP contribution is 2.21. The quantitative estimate of drug-likeness (QED) is 0.709. The van der Waals surface area contributed by atoms with Crippen LogP contribution in [0.3, 0.4) is 0 Å². The Bertz CT molecular complexity index is 305. The lowest BCUT2D eigenvalue weighted by Gasteiger charge is -2.05. The molecule has 1 rings (SSSR count). The Morgan fingerprint density at radius 2 is 2.17 bits per heavy atom. The van der Waals surface area contributed by atoms with Crippen LogP contribution in [-0.4, -0.2) is 5.78 Å². The maximum Gasteiger partial charge on any atom is 0.161 e. The molecule has 0 saturated heterocycles. The van der Waals surface area contributed by atoms with Gasteiger partial charge in [0.25, 0.3) is 0 Å². The van der Waals surface area contributed by atoms with Crippen LogP contribution in [-0.2, 0) is 6.42 Å². The molecule has 0 fully saturated rings. The van der Waals surface area contributed by atoms with Gasteiger partial charge in [0, 0.05) is 10.0 Å². The van der Waals surface area contributed by atoms with Gasteiger partial charge in [0.2, 0.25) is 0 Å². The Morgan fingerprint density at radius 1 is 1.50 bits per heavy atom. The van der Waals surface area contributed by atoms with Crippen LogP contribution < -0.4 is 0 Å². The van der Waals surface area contributed by atoms with Crippen LogP contribution in [0, 0.1) is 0 Å². The molecule has 1 aromatic carbocycles. The fourth-order valence-electron chi connectivity index (χ4n) is 1.26. The number of hydrogen-bond donors (Lipinski definition) is 0. The monoisotopic (exact) mass is 226 g/mol. The highest BCUT2D eigenvalue weighted by molar-refractivity contribution is 9.10. The minimum atomic E-state index is 0.124. The Hall–Kier alpha value is -0.630. The molecule has 0 atom stereocenters. The number of benzene rings is 1. The van der Waals surface area contributed by atoms with Gasteiger partial charge in [-0.25, -0.2) is 0 Å². The molecule has 0 spiro atoms. The summed E-state index contributed by atoms with van der Waals surface area (Å²) < 4.78 is 0.898. The van der Waals surface area contributed by atoms with Gasteiger partial charge >= 0.3 is 0 Å². The van der Waals surface area contributed by atoms with Gasteiger partial charge < -0.3 is 0 Å². The predicted molar refractivity (Wildman–Crippen MR) is 53.5 cm³/mol. The number of Topliss-reactive ketones (excluding diaryl/α,β-unsaturated/α-hetero) is 1. The zero-order valence-electron chi connectivity index (χ0n) is 7.23. The van der Waals surface area contributed by atoms with E-state index in [1.807, 2.05) is 25.1 Å². The van der Waals surface area contributed by atoms with E-state index < -0.39 is 0 Å². The van der Waals surface area contributed by atoms with Crippen molar-refractivity contribution in [3.05, 3.63) is 33.8 Å². The first-order valence-electron chi connectivity index (χ1n) is 3.95. The normalized spacial score (nSPS) is 9.92. The third-order valence-electron chi connectivity index (χ3n) is 1.83. The van der Waals surface area contributed by atoms with Gasteiger partial charge in [0.1, 0.15) is 0 Å². The highest BCUT2D eigenvalue weighted by Gasteiger charge is 2.08. The van der Waals surface area contributed by atoms with Crippen LogP contribution in [0.25, 0.3) is 0 Å². The predicted octanol–water partition coefficient (Wildman–Crippen LogP) is 3.21. The van der Waals surface area contributed by atoms with Gasteiger partial charge in [0.05, 0.1) is 0 Å². The SMILES string of the molecule is CCc1cccc(Br)c1C(C)=O. The van der Waals surface area contributed by atoms with E-state index in [1.54, 1.807) is 6.92 Å². The first-order valence-corrected chi connectivity index (χ1v) is 4.74. The Balaban J connectivity index is 3.29. The second-order valence-electron chi connectivity index (χ2n) is 2.68. The number of carbonyl (C=O) groups excluding carboxylic acids is 1. The zero-order valence-corrected chi connectivity index (χ0v) is 8.81. The molecule has 0 unspecified atom stereocenters. The maximum absolute atomic E-state index is 11.2. The summed E-state index contributed by atoms with van der Waals surface area (Å²) in [6.45, 7) is 3.65. The van der Waals surface area contributed by atoms with E-state index in [1.165, 1.54) is 0 Å². The minimum Gasteiger partial charge on any atom is -0.294 e. The zero-order chi connectivity index (χ0) is 9.14. The molecule has 1 nitrogen and oxygen atoms in total. The number of carbonyl (C=O) groups is 1. The van der Waals surface area contributed by atoms with Crippen LogP contribution in [0.5, 0.6) is 0 Å². The van der Waals surface area contributed by atoms with Gasteiger partial charge in [-0.05, 0) is 25.0 Å². The molecular weight excluding hydrogens is 216 g/mol. The van der Waals surface area contributed by atoms with Crippen molar-refractivity contribution in [2.24, 2.45) is 0 Å². The van der Waals surface area contributed by atoms with E-state index in [4.69, 9.17) is 0 Å². The highest BCUT2D eigenvalue weighted by atomic mass is 79.9. The molecule has 0 bridgehead atoms. The molecule has 0 radical (unpaired) electrons. The summed E-state index contributed by atoms with van der Waals surface area (Å²) in [5.74, 6) is 0.124. The van der Waals surface area contributed by atoms with Crippen molar-refractivity contribution >= 4 is 21.7 Å². The standard InChI is InChI=1S/C10H11BrO/c1-3-8-5-4-6-9(11)10(8)7(2)12/h4-6H,3H2,1-2H3. The van der Waals surface area contributed by atoms with Crippen LogP contribution >= 0.6 is 15.9 Å². The van der Waals surface area contributed by atoms with E-state index in [9.17, 15) is 4.79 Å². The molecule has 0 aliphatic heterocycles. The lowest BCUT2D eigenvalue weighted by molar-refractivity contribution is 0.101. The lowest BCUT2D eigenvalue weighted by Crippen LogP contribution is -1.99. The van der Waals surface area contributed by atoms with Crippen molar-refractivity contribution in [2.45, 2.75) is 20.3 Å². The second-order valence-corrected chi connectivity index (χ2v) is 3.54. The fourth-order valence-corrected chi connectivity index (χ4v) is 1.94. The smallest absolute Gasteiger partial charge is 0.161 e. The average molecular weight is 227 g/mol. The summed E-state index contributed by atoms with van der Waals surface area (Å²) in [5.41, 5.74) is 1.93. The molecular formula is C10H11BrO. The van der Waals surface area contributed by atoms with Crippen molar-refractivity contribution in [1.29, 1.82) is 0 Å². The van der Waals surface area contributed by atoms with Crippen LogP contribution in [0.4, 0.5) is 0 Å². The van der Waals surface area contributed by atoms with Gasteiger partial charge in [-0.3, -0.25) is 4.79 Å².